The topological polar surface area (TPSA) is 55.2 Å². The average Bonchev–Trinajstić information content (AvgIpc) is 2.35. The molecule has 98 valence electrons. The second kappa shape index (κ2) is 5.91. The molecular formula is C13H10Cl2N2O2. The van der Waals surface area contributed by atoms with Gasteiger partial charge in [-0.3, -0.25) is 10.1 Å². The van der Waals surface area contributed by atoms with Crippen LogP contribution in [0.25, 0.3) is 0 Å². The van der Waals surface area contributed by atoms with E-state index in [0.29, 0.717) is 22.3 Å². The number of nitrogens with zero attached hydrogens (tertiary/aromatic N) is 1. The van der Waals surface area contributed by atoms with Crippen LogP contribution in [-0.2, 0) is 6.54 Å². The Morgan fingerprint density at radius 3 is 2.37 bits per heavy atom. The zero-order chi connectivity index (χ0) is 13.8. The van der Waals surface area contributed by atoms with E-state index in [-0.39, 0.29) is 5.69 Å². The molecule has 4 nitrogen and oxygen atoms in total. The first-order valence-electron chi connectivity index (χ1n) is 5.48. The van der Waals surface area contributed by atoms with Crippen molar-refractivity contribution in [2.75, 3.05) is 5.32 Å². The fourth-order valence-electron chi connectivity index (χ4n) is 1.69. The number of nitro groups is 1. The highest BCUT2D eigenvalue weighted by molar-refractivity contribution is 6.34. The minimum Gasteiger partial charge on any atom is -0.375 e. The van der Waals surface area contributed by atoms with Crippen molar-refractivity contribution < 1.29 is 4.92 Å². The Morgan fingerprint density at radius 2 is 1.74 bits per heavy atom. The lowest BCUT2D eigenvalue weighted by molar-refractivity contribution is -0.384. The molecule has 0 radical (unpaired) electrons. The Hall–Kier alpha value is -1.78. The van der Waals surface area contributed by atoms with E-state index in [1.807, 2.05) is 0 Å². The average molecular weight is 297 g/mol. The summed E-state index contributed by atoms with van der Waals surface area (Å²) in [5.41, 5.74) is 1.36. The Kier molecular flexibility index (Phi) is 4.24. The highest BCUT2D eigenvalue weighted by Crippen LogP contribution is 2.25. The normalized spacial score (nSPS) is 10.2. The van der Waals surface area contributed by atoms with Gasteiger partial charge in [0.2, 0.25) is 0 Å². The van der Waals surface area contributed by atoms with E-state index >= 15 is 0 Å². The molecule has 6 heteroatoms. The summed E-state index contributed by atoms with van der Waals surface area (Å²) in [6.45, 7) is 0.408. The van der Waals surface area contributed by atoms with Crippen molar-refractivity contribution in [3.8, 4) is 0 Å². The monoisotopic (exact) mass is 296 g/mol. The number of benzene rings is 2. The predicted octanol–water partition coefficient (Wildman–Crippen LogP) is 4.51. The molecule has 0 aliphatic carbocycles. The zero-order valence-electron chi connectivity index (χ0n) is 9.77. The van der Waals surface area contributed by atoms with Crippen molar-refractivity contribution in [2.45, 2.75) is 6.54 Å². The van der Waals surface area contributed by atoms with Crippen LogP contribution in [0.3, 0.4) is 0 Å². The summed E-state index contributed by atoms with van der Waals surface area (Å²) in [7, 11) is 0. The van der Waals surface area contributed by atoms with Crippen LogP contribution in [-0.4, -0.2) is 4.92 Å². The van der Waals surface area contributed by atoms with Gasteiger partial charge in [-0.15, -0.1) is 0 Å². The van der Waals surface area contributed by atoms with Gasteiger partial charge in [0.25, 0.3) is 5.69 Å². The van der Waals surface area contributed by atoms with Gasteiger partial charge in [0, 0.05) is 22.7 Å². The van der Waals surface area contributed by atoms with Crippen LogP contribution in [0.1, 0.15) is 5.56 Å². The number of anilines is 1. The molecule has 2 aromatic carbocycles. The van der Waals surface area contributed by atoms with E-state index in [1.165, 1.54) is 6.07 Å². The molecular weight excluding hydrogens is 287 g/mol. The van der Waals surface area contributed by atoms with Gasteiger partial charge >= 0.3 is 0 Å². The van der Waals surface area contributed by atoms with Gasteiger partial charge in [0.1, 0.15) is 5.69 Å². The first-order valence-corrected chi connectivity index (χ1v) is 6.24. The van der Waals surface area contributed by atoms with Crippen molar-refractivity contribution in [1.82, 2.24) is 0 Å². The maximum atomic E-state index is 10.9. The third-order valence-electron chi connectivity index (χ3n) is 2.51. The molecule has 0 aliphatic rings. The van der Waals surface area contributed by atoms with E-state index in [0.717, 1.165) is 5.56 Å². The minimum absolute atomic E-state index is 0.0376. The fraction of sp³-hybridized carbons (Fsp3) is 0.0769. The van der Waals surface area contributed by atoms with Gasteiger partial charge in [-0.05, 0) is 29.8 Å². The summed E-state index contributed by atoms with van der Waals surface area (Å²) in [5.74, 6) is 0. The molecule has 1 N–H and O–H groups in total. The van der Waals surface area contributed by atoms with Crippen molar-refractivity contribution >= 4 is 34.6 Å². The molecule has 0 spiro atoms. The second-order valence-electron chi connectivity index (χ2n) is 3.91. The van der Waals surface area contributed by atoms with Crippen LogP contribution in [0.15, 0.2) is 42.5 Å². The number of hydrogen-bond donors (Lipinski definition) is 1. The van der Waals surface area contributed by atoms with Crippen LogP contribution >= 0.6 is 23.2 Å². The first kappa shape index (κ1) is 13.6. The van der Waals surface area contributed by atoms with Gasteiger partial charge in [-0.2, -0.15) is 0 Å². The van der Waals surface area contributed by atoms with Crippen LogP contribution < -0.4 is 5.32 Å². The molecule has 0 atom stereocenters. The van der Waals surface area contributed by atoms with Crippen molar-refractivity contribution in [2.24, 2.45) is 0 Å². The van der Waals surface area contributed by atoms with Gasteiger partial charge in [-0.1, -0.05) is 35.3 Å². The van der Waals surface area contributed by atoms with Gasteiger partial charge < -0.3 is 5.32 Å². The number of rotatable bonds is 4. The van der Waals surface area contributed by atoms with E-state index in [2.05, 4.69) is 5.32 Å². The molecule has 0 saturated carbocycles. The van der Waals surface area contributed by atoms with Crippen molar-refractivity contribution in [1.29, 1.82) is 0 Å². The minimum atomic E-state index is -0.423. The smallest absolute Gasteiger partial charge is 0.292 e. The quantitative estimate of drug-likeness (QED) is 0.667. The standard InChI is InChI=1S/C13H10Cl2N2O2/c14-10-5-9(6-11(15)7-10)8-16-12-3-1-2-4-13(12)17(18)19/h1-7,16H,8H2. The molecule has 0 saturated heterocycles. The highest BCUT2D eigenvalue weighted by atomic mass is 35.5. The summed E-state index contributed by atoms with van der Waals surface area (Å²) in [6, 6.07) is 11.6. The zero-order valence-corrected chi connectivity index (χ0v) is 11.3. The number of nitrogens with one attached hydrogen (secondary N) is 1. The molecule has 0 amide bonds. The summed E-state index contributed by atoms with van der Waals surface area (Å²) in [5, 5.41) is 14.9. The Bertz CT molecular complexity index is 597. The molecule has 0 unspecified atom stereocenters. The lowest BCUT2D eigenvalue weighted by atomic mass is 10.2. The van der Waals surface area contributed by atoms with Gasteiger partial charge in [0.05, 0.1) is 4.92 Å². The van der Waals surface area contributed by atoms with Crippen LogP contribution in [0, 0.1) is 10.1 Å². The van der Waals surface area contributed by atoms with E-state index in [4.69, 9.17) is 23.2 Å². The summed E-state index contributed by atoms with van der Waals surface area (Å²) < 4.78 is 0. The molecule has 0 aliphatic heterocycles. The molecule has 0 heterocycles. The molecule has 19 heavy (non-hydrogen) atoms. The second-order valence-corrected chi connectivity index (χ2v) is 4.78. The first-order chi connectivity index (χ1) is 9.06. The van der Waals surface area contributed by atoms with E-state index < -0.39 is 4.92 Å². The Morgan fingerprint density at radius 1 is 1.11 bits per heavy atom. The maximum Gasteiger partial charge on any atom is 0.292 e. The molecule has 2 aromatic rings. The third-order valence-corrected chi connectivity index (χ3v) is 2.94. The Labute approximate surface area is 120 Å². The van der Waals surface area contributed by atoms with Crippen molar-refractivity contribution in [3.63, 3.8) is 0 Å². The fourth-order valence-corrected chi connectivity index (χ4v) is 2.26. The lowest BCUT2D eigenvalue weighted by Crippen LogP contribution is -2.02. The summed E-state index contributed by atoms with van der Waals surface area (Å²) in [4.78, 5) is 10.4. The number of para-hydroxylation sites is 2. The van der Waals surface area contributed by atoms with Crippen molar-refractivity contribution in [3.05, 3.63) is 68.2 Å². The number of nitro benzene ring substituents is 1. The van der Waals surface area contributed by atoms with Gasteiger partial charge in [-0.25, -0.2) is 0 Å². The Balaban J connectivity index is 2.16. The summed E-state index contributed by atoms with van der Waals surface area (Å²) >= 11 is 11.8. The predicted molar refractivity (Wildman–Crippen MR) is 76.9 cm³/mol. The van der Waals surface area contributed by atoms with E-state index in [1.54, 1.807) is 36.4 Å². The SMILES string of the molecule is O=[N+]([O-])c1ccccc1NCc1cc(Cl)cc(Cl)c1. The largest absolute Gasteiger partial charge is 0.375 e. The lowest BCUT2D eigenvalue weighted by Gasteiger charge is -2.07. The van der Waals surface area contributed by atoms with E-state index in [9.17, 15) is 10.1 Å². The van der Waals surface area contributed by atoms with Crippen LogP contribution in [0.2, 0.25) is 10.0 Å². The number of hydrogen-bond acceptors (Lipinski definition) is 3. The molecule has 0 aromatic heterocycles. The molecule has 2 rings (SSSR count). The molecule has 0 fully saturated rings. The summed E-state index contributed by atoms with van der Waals surface area (Å²) in [6.07, 6.45) is 0. The maximum absolute atomic E-state index is 10.9. The van der Waals surface area contributed by atoms with Gasteiger partial charge in [0.15, 0.2) is 0 Å². The van der Waals surface area contributed by atoms with Crippen LogP contribution in [0.5, 0.6) is 0 Å². The highest BCUT2D eigenvalue weighted by Gasteiger charge is 2.11. The van der Waals surface area contributed by atoms with Crippen LogP contribution in [0.4, 0.5) is 11.4 Å². The number of halogens is 2. The molecule has 0 bridgehead atoms. The third kappa shape index (κ3) is 3.59.